The van der Waals surface area contributed by atoms with Crippen LogP contribution in [0.3, 0.4) is 0 Å². The molecule has 0 bridgehead atoms. The molecule has 0 unspecified atom stereocenters. The van der Waals surface area contributed by atoms with Gasteiger partial charge in [0.05, 0.1) is 48.1 Å². The molecule has 8 saturated carbocycles. The molecule has 62 heavy (non-hydrogen) atoms. The monoisotopic (exact) mass is 929 g/mol. The van der Waals surface area contributed by atoms with E-state index in [0.717, 1.165) is 93.6 Å². The number of aromatic nitrogens is 4. The third-order valence-corrected chi connectivity index (χ3v) is 20.8. The molecular weight excluding hydrogens is 850 g/mol. The van der Waals surface area contributed by atoms with Crippen LogP contribution in [-0.4, -0.2) is 57.8 Å². The number of carbonyl (C=O) groups excluding carboxylic acids is 2. The molecule has 11 heteroatoms. The molecule has 2 heterocycles. The van der Waals surface area contributed by atoms with Crippen LogP contribution >= 0.6 is 15.9 Å². The van der Waals surface area contributed by atoms with Crippen molar-refractivity contribution >= 4 is 27.5 Å². The number of carbonyl (C=O) groups is 2. The lowest BCUT2D eigenvalue weighted by Crippen LogP contribution is -2.55. The van der Waals surface area contributed by atoms with E-state index in [2.05, 4.69) is 58.6 Å². The van der Waals surface area contributed by atoms with Gasteiger partial charge in [-0.25, -0.2) is 9.97 Å². The lowest BCUT2D eigenvalue weighted by molar-refractivity contribution is -0.151. The fourth-order valence-corrected chi connectivity index (χ4v) is 17.4. The molecule has 16 atom stereocenters. The Morgan fingerprint density at radius 3 is 1.58 bits per heavy atom. The first-order valence-electron chi connectivity index (χ1n) is 24.1. The summed E-state index contributed by atoms with van der Waals surface area (Å²) >= 11 is 3.43. The summed E-state index contributed by atoms with van der Waals surface area (Å²) in [5, 5.41) is 21.8. The number of aromatic amines is 1. The van der Waals surface area contributed by atoms with Crippen LogP contribution in [0.4, 0.5) is 8.78 Å². The molecule has 0 amide bonds. The molecule has 0 saturated heterocycles. The molecular formula is C51H79BrF2N4O4. The van der Waals surface area contributed by atoms with Crippen molar-refractivity contribution in [2.24, 2.45) is 80.8 Å². The first kappa shape index (κ1) is 48.0. The summed E-state index contributed by atoms with van der Waals surface area (Å²) in [6, 6.07) is 0. The highest BCUT2D eigenvalue weighted by molar-refractivity contribution is 9.09. The van der Waals surface area contributed by atoms with E-state index in [-0.39, 0.29) is 42.4 Å². The molecule has 2 aromatic heterocycles. The molecule has 8 fully saturated rings. The van der Waals surface area contributed by atoms with Gasteiger partial charge in [0.25, 0.3) is 0 Å². The van der Waals surface area contributed by atoms with E-state index >= 15 is 0 Å². The average molecular weight is 930 g/mol. The largest absolute Gasteiger partial charge is 0.390 e. The van der Waals surface area contributed by atoms with Crippen molar-refractivity contribution in [3.8, 4) is 0 Å². The van der Waals surface area contributed by atoms with Crippen LogP contribution in [0.25, 0.3) is 0 Å². The SMILES string of the molecule is C.C[C@@]1(O)CC[C@@]2(C)[C@@H](CC[C@@H]3[C@@H]2CC[C@]2(C)[C@@H](C(=O)CBr)CC[C@@H]32)C1.C[C@@]1(O)CC[C@@]2(C)[C@@H](CC[C@@H]3[C@@H]2CC[C@]2(C)[C@@H](C(=O)Cn4cnc(F)c4)CC[C@@H]32)C1.Fc1cnc[nH]1. The number of fused-ring (bicyclic) bond motifs is 10. The Balaban J connectivity index is 0.000000164. The van der Waals surface area contributed by atoms with Gasteiger partial charge in [-0.3, -0.25) is 9.59 Å². The number of alkyl halides is 1. The standard InChI is InChI=1S/C25H37FN2O2.C22H35BrO2.C3H3FN2.CH4/c1-23(30)10-11-24(2)16(12-23)4-5-17-18-6-7-20(25(18,3)9-8-19(17)24)21(29)13-28-14-22(26)27-15-28;1-20(25)10-11-21(2)14(12-20)4-5-15-16-6-7-18(19(24)13-23)22(16,3)9-8-17(15)21;4-3-1-5-2-6-3;/h14-20,30H,4-13H2,1-3H3;14-18,25H,4-13H2,1-3H3;1-2H,(H,5,6);1H4/t16-,17-,18-,19-,20+,23+,24-,25-;14-,15-,16-,17-,18+,20+,21-,22-;;/m00../s1. The predicted octanol–water partition coefficient (Wildman–Crippen LogP) is 11.5. The van der Waals surface area contributed by atoms with Gasteiger partial charge in [-0.2, -0.15) is 8.78 Å². The molecule has 8 aliphatic rings. The number of rotatable bonds is 5. The van der Waals surface area contributed by atoms with Crippen LogP contribution in [0.5, 0.6) is 0 Å². The minimum atomic E-state index is -0.518. The Morgan fingerprint density at radius 2 is 1.18 bits per heavy atom. The van der Waals surface area contributed by atoms with Gasteiger partial charge in [-0.05, 0) is 198 Å². The van der Waals surface area contributed by atoms with Gasteiger partial charge in [-0.15, -0.1) is 0 Å². The van der Waals surface area contributed by atoms with E-state index in [1.54, 1.807) is 4.57 Å². The number of hydrogen-bond acceptors (Lipinski definition) is 6. The van der Waals surface area contributed by atoms with Crippen molar-refractivity contribution in [1.29, 1.82) is 0 Å². The van der Waals surface area contributed by atoms with E-state index in [1.165, 1.54) is 76.6 Å². The van der Waals surface area contributed by atoms with Crippen LogP contribution in [0, 0.1) is 92.7 Å². The molecule has 2 aromatic rings. The summed E-state index contributed by atoms with van der Waals surface area (Å²) in [5.74, 6) is 5.97. The Morgan fingerprint density at radius 1 is 0.694 bits per heavy atom. The minimum Gasteiger partial charge on any atom is -0.390 e. The van der Waals surface area contributed by atoms with Gasteiger partial charge in [0.15, 0.2) is 5.78 Å². The molecule has 0 aliphatic heterocycles. The van der Waals surface area contributed by atoms with E-state index in [4.69, 9.17) is 0 Å². The number of ketones is 2. The zero-order valence-corrected chi connectivity index (χ0v) is 39.5. The second-order valence-corrected chi connectivity index (χ2v) is 24.0. The molecule has 0 spiro atoms. The zero-order valence-electron chi connectivity index (χ0n) is 37.9. The second kappa shape index (κ2) is 17.7. The zero-order chi connectivity index (χ0) is 43.8. The quantitative estimate of drug-likeness (QED) is 0.257. The highest BCUT2D eigenvalue weighted by atomic mass is 79.9. The van der Waals surface area contributed by atoms with Crippen molar-refractivity contribution in [1.82, 2.24) is 19.5 Å². The maximum absolute atomic E-state index is 13.2. The highest BCUT2D eigenvalue weighted by Gasteiger charge is 2.63. The first-order valence-corrected chi connectivity index (χ1v) is 25.2. The van der Waals surface area contributed by atoms with Gasteiger partial charge in [0.1, 0.15) is 5.78 Å². The molecule has 348 valence electrons. The number of aliphatic hydroxyl groups is 2. The van der Waals surface area contributed by atoms with Crippen molar-refractivity contribution in [3.63, 3.8) is 0 Å². The summed E-state index contributed by atoms with van der Waals surface area (Å²) in [5.41, 5.74) is 0.168. The number of hydrogen-bond donors (Lipinski definition) is 3. The summed E-state index contributed by atoms with van der Waals surface area (Å²) in [6.07, 6.45) is 25.9. The molecule has 10 rings (SSSR count). The fourth-order valence-electron chi connectivity index (χ4n) is 17.0. The molecule has 8 nitrogen and oxygen atoms in total. The molecule has 0 aromatic carbocycles. The van der Waals surface area contributed by atoms with Gasteiger partial charge < -0.3 is 19.8 Å². The van der Waals surface area contributed by atoms with E-state index < -0.39 is 23.1 Å². The lowest BCUT2D eigenvalue weighted by atomic mass is 9.44. The van der Waals surface area contributed by atoms with Crippen molar-refractivity contribution in [2.75, 3.05) is 5.33 Å². The number of imidazole rings is 2. The van der Waals surface area contributed by atoms with Crippen LogP contribution in [0.15, 0.2) is 25.0 Å². The number of nitrogens with zero attached hydrogens (tertiary/aromatic N) is 3. The Kier molecular flexibility index (Phi) is 13.7. The van der Waals surface area contributed by atoms with Crippen molar-refractivity contribution in [3.05, 3.63) is 36.9 Å². The third-order valence-electron chi connectivity index (χ3n) is 20.2. The van der Waals surface area contributed by atoms with Crippen molar-refractivity contribution < 1.29 is 28.6 Å². The van der Waals surface area contributed by atoms with Gasteiger partial charge in [0, 0.05) is 11.8 Å². The summed E-state index contributed by atoms with van der Waals surface area (Å²) in [7, 11) is 0. The van der Waals surface area contributed by atoms with Crippen molar-refractivity contribution in [2.45, 2.75) is 182 Å². The number of Topliss-reactive ketones (excluding diaryl/α,β-unsaturated/α-hetero) is 2. The van der Waals surface area contributed by atoms with Gasteiger partial charge in [0.2, 0.25) is 11.9 Å². The third kappa shape index (κ3) is 8.61. The van der Waals surface area contributed by atoms with E-state index in [9.17, 15) is 28.6 Å². The van der Waals surface area contributed by atoms with Gasteiger partial charge >= 0.3 is 0 Å². The molecule has 8 aliphatic carbocycles. The Labute approximate surface area is 379 Å². The maximum Gasteiger partial charge on any atom is 0.230 e. The van der Waals surface area contributed by atoms with Crippen LogP contribution in [-0.2, 0) is 16.1 Å². The molecule has 0 radical (unpaired) electrons. The minimum absolute atomic E-state index is 0. The predicted molar refractivity (Wildman–Crippen MR) is 243 cm³/mol. The van der Waals surface area contributed by atoms with E-state index in [1.807, 2.05) is 13.8 Å². The Bertz CT molecular complexity index is 1890. The normalized spacial score (nSPS) is 46.3. The Hall–Kier alpha value is -1.98. The van der Waals surface area contributed by atoms with Gasteiger partial charge in [-0.1, -0.05) is 51.1 Å². The van der Waals surface area contributed by atoms with Crippen LogP contribution < -0.4 is 0 Å². The fraction of sp³-hybridized carbons (Fsp3) is 0.843. The number of halogens is 3. The second-order valence-electron chi connectivity index (χ2n) is 23.4. The topological polar surface area (TPSA) is 121 Å². The summed E-state index contributed by atoms with van der Waals surface area (Å²) in [4.78, 5) is 35.0. The average Bonchev–Trinajstić information content (AvgIpc) is 4.01. The maximum atomic E-state index is 13.2. The highest BCUT2D eigenvalue weighted by Crippen LogP contribution is 2.70. The van der Waals surface area contributed by atoms with Crippen LogP contribution in [0.1, 0.15) is 165 Å². The van der Waals surface area contributed by atoms with E-state index in [0.29, 0.717) is 39.7 Å². The summed E-state index contributed by atoms with van der Waals surface area (Å²) in [6.45, 7) is 14.2. The first-order chi connectivity index (χ1) is 28.7. The van der Waals surface area contributed by atoms with Crippen LogP contribution in [0.2, 0.25) is 0 Å². The molecule has 3 N–H and O–H groups in total. The number of nitrogens with one attached hydrogen (secondary N) is 1. The lowest BCUT2D eigenvalue weighted by Gasteiger charge is -2.61. The number of H-pyrrole nitrogens is 1. The smallest absolute Gasteiger partial charge is 0.230 e. The summed E-state index contributed by atoms with van der Waals surface area (Å²) < 4.78 is 26.4.